The average Bonchev–Trinajstić information content (AvgIpc) is 2.92. The molecule has 0 amide bonds. The quantitative estimate of drug-likeness (QED) is 0.0522. The zero-order chi connectivity index (χ0) is 27.6. The van der Waals surface area contributed by atoms with Crippen LogP contribution in [0.2, 0.25) is 0 Å². The first-order valence-corrected chi connectivity index (χ1v) is 16.9. The summed E-state index contributed by atoms with van der Waals surface area (Å²) in [6.45, 7) is 5.51. The zero-order valence-electron chi connectivity index (χ0n) is 25.8. The first-order chi connectivity index (χ1) is 18.8. The lowest BCUT2D eigenvalue weighted by Crippen LogP contribution is -2.09. The summed E-state index contributed by atoms with van der Waals surface area (Å²) in [4.78, 5) is 11.7. The van der Waals surface area contributed by atoms with Gasteiger partial charge in [0, 0.05) is 0 Å². The average molecular weight is 535 g/mol. The number of carbonyl (C=O) groups excluding carboxylic acids is 1. The van der Waals surface area contributed by atoms with Crippen molar-refractivity contribution in [2.24, 2.45) is 0 Å². The third-order valence-electron chi connectivity index (χ3n) is 7.25. The van der Waals surface area contributed by atoms with Gasteiger partial charge in [0.05, 0.1) is 13.2 Å². The summed E-state index contributed by atoms with van der Waals surface area (Å²) in [6, 6.07) is 0. The van der Waals surface area contributed by atoms with Crippen LogP contribution in [0.1, 0.15) is 181 Å². The van der Waals surface area contributed by atoms with E-state index in [1.165, 1.54) is 141 Å². The predicted molar refractivity (Wildman–Crippen MR) is 167 cm³/mol. The Kier molecular flexibility index (Phi) is 32.7. The molecule has 0 aromatic carbocycles. The minimum atomic E-state index is -0.487. The molecule has 0 N–H and O–H groups in total. The summed E-state index contributed by atoms with van der Waals surface area (Å²) in [6.07, 6.45) is 42.1. The van der Waals surface area contributed by atoms with Crippen LogP contribution in [0.5, 0.6) is 0 Å². The molecule has 0 saturated carbocycles. The number of rotatable bonds is 30. The van der Waals surface area contributed by atoms with Crippen molar-refractivity contribution in [1.82, 2.24) is 0 Å². The number of unbranched alkanes of at least 4 members (excludes halogenated alkanes) is 22. The second-order valence-electron chi connectivity index (χ2n) is 11.1. The molecular formula is C35H66O3. The highest BCUT2D eigenvalue weighted by Gasteiger charge is 2.03. The van der Waals surface area contributed by atoms with Gasteiger partial charge in [0.25, 0.3) is 0 Å². The molecule has 0 aliphatic heterocycles. The third-order valence-corrected chi connectivity index (χ3v) is 7.25. The molecule has 0 spiro atoms. The lowest BCUT2D eigenvalue weighted by molar-refractivity contribution is 0.0529. The van der Waals surface area contributed by atoms with Crippen LogP contribution in [0, 0.1) is 0 Å². The fraction of sp³-hybridized carbons (Fsp3) is 0.857. The molecular weight excluding hydrogens is 468 g/mol. The molecule has 0 aliphatic carbocycles. The van der Waals surface area contributed by atoms with E-state index >= 15 is 0 Å². The minimum absolute atomic E-state index is 0.487. The van der Waals surface area contributed by atoms with Gasteiger partial charge < -0.3 is 9.47 Å². The predicted octanol–water partition coefficient (Wildman–Crippen LogP) is 12.4. The Morgan fingerprint density at radius 2 is 0.684 bits per heavy atom. The van der Waals surface area contributed by atoms with Gasteiger partial charge in [-0.05, 0) is 57.8 Å². The topological polar surface area (TPSA) is 35.5 Å². The first-order valence-electron chi connectivity index (χ1n) is 16.9. The summed E-state index contributed by atoms with van der Waals surface area (Å²) in [5.74, 6) is 0. The number of hydrogen-bond donors (Lipinski definition) is 0. The maximum Gasteiger partial charge on any atom is 0.508 e. The van der Waals surface area contributed by atoms with Crippen molar-refractivity contribution in [3.05, 3.63) is 24.3 Å². The van der Waals surface area contributed by atoms with Crippen molar-refractivity contribution in [2.75, 3.05) is 13.2 Å². The molecule has 0 aliphatic rings. The van der Waals surface area contributed by atoms with Gasteiger partial charge in [0.15, 0.2) is 0 Å². The van der Waals surface area contributed by atoms with Crippen LogP contribution in [0.3, 0.4) is 0 Å². The Hall–Kier alpha value is -1.25. The molecule has 0 radical (unpaired) electrons. The number of carbonyl (C=O) groups is 1. The van der Waals surface area contributed by atoms with E-state index in [4.69, 9.17) is 9.47 Å². The fourth-order valence-electron chi connectivity index (χ4n) is 4.68. The van der Waals surface area contributed by atoms with E-state index in [-0.39, 0.29) is 0 Å². The highest BCUT2D eigenvalue weighted by atomic mass is 16.7. The summed E-state index contributed by atoms with van der Waals surface area (Å²) in [7, 11) is 0. The molecule has 224 valence electrons. The van der Waals surface area contributed by atoms with E-state index in [0.29, 0.717) is 13.2 Å². The lowest BCUT2D eigenvalue weighted by atomic mass is 10.1. The maximum atomic E-state index is 11.7. The van der Waals surface area contributed by atoms with Crippen LogP contribution >= 0.6 is 0 Å². The summed E-state index contributed by atoms with van der Waals surface area (Å²) in [5.41, 5.74) is 0. The highest BCUT2D eigenvalue weighted by molar-refractivity contribution is 5.59. The van der Waals surface area contributed by atoms with Gasteiger partial charge >= 0.3 is 6.16 Å². The molecule has 3 nitrogen and oxygen atoms in total. The standard InChI is InChI=1S/C35H66O3/c1-3-5-7-9-11-13-15-17-18-19-20-21-22-24-26-28-30-32-34-38-35(36)37-33-31-29-27-25-23-16-14-12-10-8-6-4-2/h10,12,19-20H,3-9,11,13-18,21-34H2,1-2H3/b12-10-,20-19-. The Bertz CT molecular complexity index is 511. The van der Waals surface area contributed by atoms with Crippen molar-refractivity contribution in [3.8, 4) is 0 Å². The normalized spacial score (nSPS) is 11.6. The Labute approximate surface area is 238 Å². The number of ether oxygens (including phenoxy) is 2. The van der Waals surface area contributed by atoms with Crippen molar-refractivity contribution in [1.29, 1.82) is 0 Å². The van der Waals surface area contributed by atoms with E-state index in [1.54, 1.807) is 0 Å². The van der Waals surface area contributed by atoms with Gasteiger partial charge in [-0.2, -0.15) is 0 Å². The summed E-state index contributed by atoms with van der Waals surface area (Å²) < 4.78 is 10.4. The smallest absolute Gasteiger partial charge is 0.434 e. The third kappa shape index (κ3) is 32.8. The van der Waals surface area contributed by atoms with Gasteiger partial charge in [0.1, 0.15) is 0 Å². The largest absolute Gasteiger partial charge is 0.508 e. The van der Waals surface area contributed by atoms with Crippen molar-refractivity contribution in [2.45, 2.75) is 181 Å². The van der Waals surface area contributed by atoms with Gasteiger partial charge in [-0.1, -0.05) is 147 Å². The maximum absolute atomic E-state index is 11.7. The summed E-state index contributed by atoms with van der Waals surface area (Å²) in [5, 5.41) is 0. The molecule has 3 heteroatoms. The fourth-order valence-corrected chi connectivity index (χ4v) is 4.68. The number of hydrogen-bond acceptors (Lipinski definition) is 3. The van der Waals surface area contributed by atoms with Gasteiger partial charge in [-0.15, -0.1) is 0 Å². The monoisotopic (exact) mass is 535 g/mol. The second kappa shape index (κ2) is 33.8. The van der Waals surface area contributed by atoms with Crippen LogP contribution in [-0.2, 0) is 9.47 Å². The minimum Gasteiger partial charge on any atom is -0.434 e. The first kappa shape index (κ1) is 36.8. The SMILES string of the molecule is CCCC/C=C\CCCCCCCCOC(=O)OCCCCCCCC/C=C\CCCCCCCCCC. The van der Waals surface area contributed by atoms with E-state index < -0.39 is 6.16 Å². The molecule has 0 fully saturated rings. The number of allylic oxidation sites excluding steroid dienone is 4. The van der Waals surface area contributed by atoms with Gasteiger partial charge in [-0.3, -0.25) is 0 Å². The molecule has 0 aromatic heterocycles. The molecule has 0 heterocycles. The molecule has 0 rings (SSSR count). The Morgan fingerprint density at radius 1 is 0.395 bits per heavy atom. The van der Waals surface area contributed by atoms with Crippen LogP contribution in [0.25, 0.3) is 0 Å². The molecule has 0 unspecified atom stereocenters. The second-order valence-corrected chi connectivity index (χ2v) is 11.1. The van der Waals surface area contributed by atoms with Crippen LogP contribution in [0.4, 0.5) is 4.79 Å². The van der Waals surface area contributed by atoms with E-state index in [9.17, 15) is 4.79 Å². The molecule has 0 atom stereocenters. The van der Waals surface area contributed by atoms with Gasteiger partial charge in [-0.25, -0.2) is 4.79 Å². The molecule has 0 aromatic rings. The van der Waals surface area contributed by atoms with Crippen LogP contribution < -0.4 is 0 Å². The zero-order valence-corrected chi connectivity index (χ0v) is 25.8. The van der Waals surface area contributed by atoms with Crippen molar-refractivity contribution in [3.63, 3.8) is 0 Å². The summed E-state index contributed by atoms with van der Waals surface area (Å²) >= 11 is 0. The van der Waals surface area contributed by atoms with Crippen molar-refractivity contribution < 1.29 is 14.3 Å². The van der Waals surface area contributed by atoms with Crippen LogP contribution in [0.15, 0.2) is 24.3 Å². The Morgan fingerprint density at radius 3 is 1.05 bits per heavy atom. The highest BCUT2D eigenvalue weighted by Crippen LogP contribution is 2.12. The molecule has 0 saturated heterocycles. The molecule has 38 heavy (non-hydrogen) atoms. The Balaban J connectivity index is 3.21. The van der Waals surface area contributed by atoms with Gasteiger partial charge in [0.2, 0.25) is 0 Å². The van der Waals surface area contributed by atoms with E-state index in [1.807, 2.05) is 0 Å². The van der Waals surface area contributed by atoms with E-state index in [0.717, 1.165) is 25.7 Å². The van der Waals surface area contributed by atoms with Crippen molar-refractivity contribution >= 4 is 6.16 Å². The molecule has 0 bridgehead atoms. The van der Waals surface area contributed by atoms with Crippen LogP contribution in [-0.4, -0.2) is 19.4 Å². The lowest BCUT2D eigenvalue weighted by Gasteiger charge is -2.06. The van der Waals surface area contributed by atoms with E-state index in [2.05, 4.69) is 38.2 Å².